The van der Waals surface area contributed by atoms with E-state index >= 15 is 0 Å². The number of carbonyl (C=O) groups excluding carboxylic acids is 1. The SMILES string of the molecule is CC(=O)N1c2ccc(C)cc2-c2nnc(SCCC(C)C)nc2OC1c1ccc(C)cc1. The van der Waals surface area contributed by atoms with E-state index in [4.69, 9.17) is 9.72 Å². The number of rotatable bonds is 5. The van der Waals surface area contributed by atoms with Crippen LogP contribution in [0.1, 0.15) is 50.1 Å². The molecule has 32 heavy (non-hydrogen) atoms. The fraction of sp³-hybridized carbons (Fsp3) is 0.360. The summed E-state index contributed by atoms with van der Waals surface area (Å²) in [6, 6.07) is 14.0. The topological polar surface area (TPSA) is 68.2 Å². The predicted octanol–water partition coefficient (Wildman–Crippen LogP) is 5.74. The number of anilines is 1. The molecule has 166 valence electrons. The highest BCUT2D eigenvalue weighted by Gasteiger charge is 2.34. The molecule has 0 bridgehead atoms. The molecule has 0 aliphatic carbocycles. The molecule has 0 fully saturated rings. The first-order valence-corrected chi connectivity index (χ1v) is 11.8. The molecular formula is C25H28N4O2S. The normalized spacial score (nSPS) is 15.1. The Kier molecular flexibility index (Phi) is 6.46. The first kappa shape index (κ1) is 22.3. The third-order valence-electron chi connectivity index (χ3n) is 5.39. The van der Waals surface area contributed by atoms with Gasteiger partial charge >= 0.3 is 0 Å². The predicted molar refractivity (Wildman–Crippen MR) is 128 cm³/mol. The molecule has 0 saturated carbocycles. The lowest BCUT2D eigenvalue weighted by atomic mass is 10.0. The number of ether oxygens (including phenoxy) is 1. The van der Waals surface area contributed by atoms with Crippen LogP contribution < -0.4 is 9.64 Å². The van der Waals surface area contributed by atoms with Crippen molar-refractivity contribution in [2.24, 2.45) is 5.92 Å². The third kappa shape index (κ3) is 4.63. The molecule has 2 aromatic carbocycles. The van der Waals surface area contributed by atoms with Crippen LogP contribution in [0.2, 0.25) is 0 Å². The molecule has 2 heterocycles. The van der Waals surface area contributed by atoms with Crippen LogP contribution in [-0.2, 0) is 4.79 Å². The van der Waals surface area contributed by atoms with Crippen LogP contribution in [0.3, 0.4) is 0 Å². The second-order valence-electron chi connectivity index (χ2n) is 8.57. The van der Waals surface area contributed by atoms with E-state index in [1.54, 1.807) is 23.6 Å². The summed E-state index contributed by atoms with van der Waals surface area (Å²) in [4.78, 5) is 19.2. The van der Waals surface area contributed by atoms with Crippen molar-refractivity contribution in [3.63, 3.8) is 0 Å². The maximum absolute atomic E-state index is 12.9. The average molecular weight is 449 g/mol. The monoisotopic (exact) mass is 448 g/mol. The smallest absolute Gasteiger partial charge is 0.247 e. The Balaban J connectivity index is 1.84. The van der Waals surface area contributed by atoms with Gasteiger partial charge in [0.2, 0.25) is 23.2 Å². The highest BCUT2D eigenvalue weighted by molar-refractivity contribution is 7.99. The zero-order valence-electron chi connectivity index (χ0n) is 19.1. The Hall–Kier alpha value is -2.93. The summed E-state index contributed by atoms with van der Waals surface area (Å²) in [5.41, 5.74) is 5.16. The van der Waals surface area contributed by atoms with Crippen LogP contribution in [-0.4, -0.2) is 26.8 Å². The number of benzene rings is 2. The Morgan fingerprint density at radius 1 is 1.09 bits per heavy atom. The Morgan fingerprint density at radius 3 is 2.50 bits per heavy atom. The number of aryl methyl sites for hydroxylation is 2. The van der Waals surface area contributed by atoms with Crippen molar-refractivity contribution in [3.05, 3.63) is 59.2 Å². The van der Waals surface area contributed by atoms with Crippen LogP contribution in [0.25, 0.3) is 11.3 Å². The molecule has 0 saturated heterocycles. The van der Waals surface area contributed by atoms with Crippen LogP contribution >= 0.6 is 11.8 Å². The first-order chi connectivity index (χ1) is 15.3. The Bertz CT molecular complexity index is 1130. The number of fused-ring (bicyclic) bond motifs is 3. The number of hydrogen-bond acceptors (Lipinski definition) is 6. The number of thioether (sulfide) groups is 1. The number of hydrogen-bond donors (Lipinski definition) is 0. The Labute approximate surface area is 193 Å². The minimum absolute atomic E-state index is 0.118. The quantitative estimate of drug-likeness (QED) is 0.464. The highest BCUT2D eigenvalue weighted by Crippen LogP contribution is 2.43. The van der Waals surface area contributed by atoms with Crippen molar-refractivity contribution < 1.29 is 9.53 Å². The molecule has 0 spiro atoms. The van der Waals surface area contributed by atoms with Crippen LogP contribution in [0, 0.1) is 19.8 Å². The summed E-state index contributed by atoms with van der Waals surface area (Å²) in [5, 5.41) is 9.44. The molecule has 1 aliphatic heterocycles. The fourth-order valence-corrected chi connectivity index (χ4v) is 4.63. The molecule has 3 aromatic rings. The molecule has 1 aromatic heterocycles. The largest absolute Gasteiger partial charge is 0.447 e. The highest BCUT2D eigenvalue weighted by atomic mass is 32.2. The molecule has 0 N–H and O–H groups in total. The minimum Gasteiger partial charge on any atom is -0.447 e. The van der Waals surface area contributed by atoms with E-state index in [2.05, 4.69) is 24.0 Å². The van der Waals surface area contributed by atoms with Gasteiger partial charge in [-0.1, -0.05) is 67.1 Å². The van der Waals surface area contributed by atoms with Crippen LogP contribution in [0.5, 0.6) is 5.88 Å². The second-order valence-corrected chi connectivity index (χ2v) is 9.63. The summed E-state index contributed by atoms with van der Waals surface area (Å²) >= 11 is 1.57. The lowest BCUT2D eigenvalue weighted by Gasteiger charge is -2.30. The van der Waals surface area contributed by atoms with E-state index in [0.29, 0.717) is 22.6 Å². The molecule has 1 atom stereocenters. The van der Waals surface area contributed by atoms with Gasteiger partial charge in [0.05, 0.1) is 5.69 Å². The lowest BCUT2D eigenvalue weighted by molar-refractivity contribution is -0.118. The third-order valence-corrected chi connectivity index (χ3v) is 6.26. The standard InChI is InChI=1S/C25H28N4O2S/c1-15(2)12-13-32-25-26-23-22(27-28-25)20-14-17(4)8-11-21(20)29(18(5)30)24(31-23)19-9-6-16(3)7-10-19/h6-11,14-15,24H,12-13H2,1-5H3. The van der Waals surface area contributed by atoms with E-state index in [9.17, 15) is 4.79 Å². The molecule has 0 radical (unpaired) electrons. The summed E-state index contributed by atoms with van der Waals surface area (Å²) in [6.07, 6.45) is 0.416. The molecule has 1 amide bonds. The van der Waals surface area contributed by atoms with Gasteiger partial charge in [0.1, 0.15) is 0 Å². The van der Waals surface area contributed by atoms with Gasteiger partial charge in [-0.15, -0.1) is 10.2 Å². The van der Waals surface area contributed by atoms with Gasteiger partial charge in [0, 0.05) is 23.8 Å². The van der Waals surface area contributed by atoms with Gasteiger partial charge in [0.15, 0.2) is 5.69 Å². The molecular weight excluding hydrogens is 420 g/mol. The maximum atomic E-state index is 12.9. The van der Waals surface area contributed by atoms with Crippen LogP contribution in [0.4, 0.5) is 5.69 Å². The molecule has 4 rings (SSSR count). The molecule has 1 aliphatic rings. The maximum Gasteiger partial charge on any atom is 0.247 e. The molecule has 1 unspecified atom stereocenters. The van der Waals surface area contributed by atoms with Gasteiger partial charge < -0.3 is 4.74 Å². The average Bonchev–Trinajstić information content (AvgIpc) is 2.88. The fourth-order valence-electron chi connectivity index (χ4n) is 3.61. The minimum atomic E-state index is -0.652. The van der Waals surface area contributed by atoms with Crippen molar-refractivity contribution in [1.82, 2.24) is 15.2 Å². The van der Waals surface area contributed by atoms with E-state index in [-0.39, 0.29) is 5.91 Å². The number of nitrogens with zero attached hydrogens (tertiary/aromatic N) is 4. The van der Waals surface area contributed by atoms with Gasteiger partial charge in [-0.2, -0.15) is 4.98 Å². The zero-order chi connectivity index (χ0) is 22.8. The number of aromatic nitrogens is 3. The summed E-state index contributed by atoms with van der Waals surface area (Å²) in [7, 11) is 0. The first-order valence-electron chi connectivity index (χ1n) is 10.8. The van der Waals surface area contributed by atoms with E-state index < -0.39 is 6.23 Å². The summed E-state index contributed by atoms with van der Waals surface area (Å²) in [6.45, 7) is 9.99. The van der Waals surface area contributed by atoms with Crippen molar-refractivity contribution in [1.29, 1.82) is 0 Å². The van der Waals surface area contributed by atoms with E-state index in [0.717, 1.165) is 40.1 Å². The van der Waals surface area contributed by atoms with Gasteiger partial charge in [-0.05, 0) is 38.3 Å². The van der Waals surface area contributed by atoms with Crippen molar-refractivity contribution in [2.45, 2.75) is 52.4 Å². The van der Waals surface area contributed by atoms with Gasteiger partial charge in [-0.25, -0.2) is 0 Å². The lowest BCUT2D eigenvalue weighted by Crippen LogP contribution is -2.36. The van der Waals surface area contributed by atoms with Crippen molar-refractivity contribution in [3.8, 4) is 17.1 Å². The van der Waals surface area contributed by atoms with Gasteiger partial charge in [-0.3, -0.25) is 9.69 Å². The Morgan fingerprint density at radius 2 is 1.81 bits per heavy atom. The molecule has 6 nitrogen and oxygen atoms in total. The van der Waals surface area contributed by atoms with Crippen molar-refractivity contribution >= 4 is 23.4 Å². The second kappa shape index (κ2) is 9.28. The molecule has 7 heteroatoms. The van der Waals surface area contributed by atoms with E-state index in [1.807, 2.05) is 56.3 Å². The number of carbonyl (C=O) groups is 1. The van der Waals surface area contributed by atoms with Gasteiger partial charge in [0.25, 0.3) is 0 Å². The summed E-state index contributed by atoms with van der Waals surface area (Å²) in [5.74, 6) is 1.80. The van der Waals surface area contributed by atoms with E-state index in [1.165, 1.54) is 0 Å². The number of amides is 1. The van der Waals surface area contributed by atoms with Crippen molar-refractivity contribution in [2.75, 3.05) is 10.7 Å². The summed E-state index contributed by atoms with van der Waals surface area (Å²) < 4.78 is 6.43. The van der Waals surface area contributed by atoms with Crippen LogP contribution in [0.15, 0.2) is 47.6 Å². The zero-order valence-corrected chi connectivity index (χ0v) is 19.9.